The highest BCUT2D eigenvalue weighted by Gasteiger charge is 2.77. The van der Waals surface area contributed by atoms with E-state index in [4.69, 9.17) is 23.2 Å². The quantitative estimate of drug-likeness (QED) is 0.0684. The van der Waals surface area contributed by atoms with Crippen LogP contribution in [0, 0.1) is 46.8 Å². The topological polar surface area (TPSA) is 162 Å². The number of carbonyl (C=O) groups excluding carboxylic acids is 4. The third-order valence-corrected chi connectivity index (χ3v) is 11.6. The lowest BCUT2D eigenvalue weighted by atomic mass is 9.56. The minimum absolute atomic E-state index is 0.209. The van der Waals surface area contributed by atoms with Crippen LogP contribution in [-0.2, 0) is 19.2 Å². The van der Waals surface area contributed by atoms with Gasteiger partial charge in [0.1, 0.15) is 28.5 Å². The molecule has 21 heteroatoms. The minimum Gasteiger partial charge on any atom is -0.508 e. The van der Waals surface area contributed by atoms with Crippen molar-refractivity contribution in [1.29, 1.82) is 0 Å². The number of carboxylic acids is 1. The smallest absolute Gasteiger partial charge is 0.508 e. The van der Waals surface area contributed by atoms with Crippen LogP contribution in [0.2, 0.25) is 0 Å². The molecule has 3 aromatic rings. The maximum Gasteiger partial charge on any atom is 0.573 e. The molecule has 4 aliphatic rings. The molecular weight excluding hydrogens is 803 g/mol. The van der Waals surface area contributed by atoms with Crippen LogP contribution in [0.4, 0.5) is 46.5 Å². The number of carbonyl (C=O) groups is 5. The van der Waals surface area contributed by atoms with Crippen LogP contribution in [0.5, 0.6) is 17.2 Å². The second kappa shape index (κ2) is 12.3. The molecule has 2 aliphatic carbocycles. The Balaban J connectivity index is 1.43. The zero-order chi connectivity index (χ0) is 40.4. The highest BCUT2D eigenvalue weighted by molar-refractivity contribution is 6.58. The Labute approximate surface area is 310 Å². The summed E-state index contributed by atoms with van der Waals surface area (Å²) in [4.78, 5) is 61.8. The van der Waals surface area contributed by atoms with Gasteiger partial charge in [0.25, 0.3) is 11.8 Å². The number of amides is 4. The molecule has 0 radical (unpaired) electrons. The zero-order valence-electron chi connectivity index (χ0n) is 26.7. The molecule has 0 spiro atoms. The summed E-state index contributed by atoms with van der Waals surface area (Å²) in [5.74, 6) is -29.9. The number of allylic oxidation sites excluding steroid dienone is 2. The number of hydrogen-bond acceptors (Lipinski definition) is 8. The van der Waals surface area contributed by atoms with Crippen molar-refractivity contribution in [3.05, 3.63) is 88.3 Å². The van der Waals surface area contributed by atoms with E-state index in [9.17, 15) is 65.6 Å². The van der Waals surface area contributed by atoms with Gasteiger partial charge in [0.2, 0.25) is 17.6 Å². The molecule has 4 amide bonds. The first-order valence-electron chi connectivity index (χ1n) is 15.6. The summed E-state index contributed by atoms with van der Waals surface area (Å²) in [5, 5.41) is 30.6. The van der Waals surface area contributed by atoms with Crippen molar-refractivity contribution in [3.63, 3.8) is 0 Å². The molecule has 6 atom stereocenters. The number of fused-ring (bicyclic) bond motifs is 4. The number of halogens is 10. The number of alkyl halides is 5. The number of rotatable bonds is 5. The second-order valence-corrected chi connectivity index (χ2v) is 14.2. The highest BCUT2D eigenvalue weighted by atomic mass is 35.5. The number of aromatic hydroxyl groups is 2. The number of hydrogen-bond donors (Lipinski definition) is 3. The monoisotopic (exact) mass is 820 g/mol. The molecule has 2 heterocycles. The lowest BCUT2D eigenvalue weighted by Gasteiger charge is -2.50. The third kappa shape index (κ3) is 5.18. The molecule has 7 rings (SSSR count). The molecule has 288 valence electrons. The van der Waals surface area contributed by atoms with Crippen molar-refractivity contribution in [2.75, 3.05) is 9.80 Å². The third-order valence-electron chi connectivity index (χ3n) is 10.2. The van der Waals surface area contributed by atoms with Gasteiger partial charge in [-0.3, -0.25) is 19.2 Å². The maximum atomic E-state index is 15.2. The van der Waals surface area contributed by atoms with E-state index < -0.39 is 150 Å². The Kier molecular flexibility index (Phi) is 8.46. The number of anilines is 2. The normalized spacial score (nSPS) is 27.6. The first-order chi connectivity index (χ1) is 25.6. The number of carboxylic acid groups (broad SMARTS) is 1. The number of imide groups is 2. The van der Waals surface area contributed by atoms with Gasteiger partial charge in [0.05, 0.1) is 17.5 Å². The van der Waals surface area contributed by atoms with Crippen LogP contribution in [0.25, 0.3) is 0 Å². The fourth-order valence-corrected chi connectivity index (χ4v) is 8.89. The molecule has 1 saturated carbocycles. The van der Waals surface area contributed by atoms with Crippen molar-refractivity contribution >= 4 is 64.2 Å². The molecule has 2 aliphatic heterocycles. The van der Waals surface area contributed by atoms with Gasteiger partial charge in [-0.1, -0.05) is 11.6 Å². The Morgan fingerprint density at radius 2 is 1.42 bits per heavy atom. The van der Waals surface area contributed by atoms with Gasteiger partial charge in [-0.15, -0.1) is 36.4 Å². The Hall–Kier alpha value is -5.43. The molecule has 2 saturated heterocycles. The summed E-state index contributed by atoms with van der Waals surface area (Å²) in [6, 6.07) is 4.53. The summed E-state index contributed by atoms with van der Waals surface area (Å²) in [6.07, 6.45) is -5.49. The van der Waals surface area contributed by atoms with E-state index >= 15 is 8.78 Å². The average Bonchev–Trinajstić information content (AvgIpc) is 3.44. The standard InChI is InChI=1S/C34H18Cl2F8N2O9/c35-32-9-16-12(4-5-14-19(16)28(50)45(27(14)49)10-1-3-13(29(51)52)18(48)7-10)20(15-8-11(2-6-17(15)47)55-34(42,43)44)33(32,36)31(54)46(30(32)53)26-24(40)22(38)21(37)23(39)25(26)41/h1-4,6-8,14,16,19-20,47-48H,5,9H2,(H,51,52)/t14-,16+,19-,20+,32+,33-/m0/s1. The number of phenolic OH excluding ortho intramolecular Hbond substituents is 1. The number of phenols is 2. The van der Waals surface area contributed by atoms with Gasteiger partial charge in [-0.25, -0.2) is 36.5 Å². The number of aromatic carboxylic acids is 1. The molecular formula is C34H18Cl2F8N2O9. The molecule has 3 fully saturated rings. The SMILES string of the molecule is O=C(O)c1ccc(N2C(=O)[C@H]3[C@H](CC=C4[C@H]3C[C@@]3(Cl)C(=O)N(c5c(F)c(F)c(F)c(F)c5F)C(=O)[C@@]3(Cl)[C@H]4c3cc(OC(F)(F)F)ccc3O)C2=O)cc1O. The van der Waals surface area contributed by atoms with Crippen molar-refractivity contribution in [3.8, 4) is 17.2 Å². The van der Waals surface area contributed by atoms with E-state index in [0.29, 0.717) is 23.1 Å². The fraction of sp³-hybridized carbons (Fsp3) is 0.265. The lowest BCUT2D eigenvalue weighted by Crippen LogP contribution is -2.60. The zero-order valence-corrected chi connectivity index (χ0v) is 28.2. The van der Waals surface area contributed by atoms with Crippen LogP contribution in [0.15, 0.2) is 48.0 Å². The van der Waals surface area contributed by atoms with E-state index in [2.05, 4.69) is 4.74 Å². The van der Waals surface area contributed by atoms with E-state index in [1.165, 1.54) is 6.08 Å². The number of benzene rings is 3. The van der Waals surface area contributed by atoms with Gasteiger partial charge in [0, 0.05) is 17.5 Å². The molecule has 0 unspecified atom stereocenters. The predicted octanol–water partition coefficient (Wildman–Crippen LogP) is 6.16. The van der Waals surface area contributed by atoms with E-state index in [1.807, 2.05) is 0 Å². The number of ether oxygens (including phenoxy) is 1. The largest absolute Gasteiger partial charge is 0.573 e. The van der Waals surface area contributed by atoms with Crippen molar-refractivity contribution in [2.45, 2.75) is 34.9 Å². The molecule has 3 N–H and O–H groups in total. The van der Waals surface area contributed by atoms with Crippen LogP contribution >= 0.6 is 23.2 Å². The molecule has 0 bridgehead atoms. The molecule has 3 aromatic carbocycles. The van der Waals surface area contributed by atoms with Gasteiger partial charge < -0.3 is 20.1 Å². The van der Waals surface area contributed by atoms with Crippen LogP contribution in [0.3, 0.4) is 0 Å². The highest BCUT2D eigenvalue weighted by Crippen LogP contribution is 2.67. The van der Waals surface area contributed by atoms with Gasteiger partial charge in [0.15, 0.2) is 33.0 Å². The van der Waals surface area contributed by atoms with Crippen molar-refractivity contribution < 1.29 is 79.2 Å². The summed E-state index contributed by atoms with van der Waals surface area (Å²) >= 11 is 13.9. The van der Waals surface area contributed by atoms with E-state index in [-0.39, 0.29) is 11.3 Å². The average molecular weight is 821 g/mol. The first kappa shape index (κ1) is 37.9. The van der Waals surface area contributed by atoms with Crippen LogP contribution in [0.1, 0.15) is 34.7 Å². The fourth-order valence-electron chi connectivity index (χ4n) is 7.97. The Morgan fingerprint density at radius 3 is 2.00 bits per heavy atom. The van der Waals surface area contributed by atoms with Crippen LogP contribution < -0.4 is 14.5 Å². The van der Waals surface area contributed by atoms with Crippen molar-refractivity contribution in [1.82, 2.24) is 0 Å². The Morgan fingerprint density at radius 1 is 0.800 bits per heavy atom. The summed E-state index contributed by atoms with van der Waals surface area (Å²) < 4.78 is 117. The summed E-state index contributed by atoms with van der Waals surface area (Å²) in [6.45, 7) is 0. The van der Waals surface area contributed by atoms with Crippen LogP contribution in [-0.4, -0.2) is 61.0 Å². The van der Waals surface area contributed by atoms with Gasteiger partial charge >= 0.3 is 12.3 Å². The van der Waals surface area contributed by atoms with Gasteiger partial charge in [-0.05, 0) is 49.1 Å². The molecule has 0 aromatic heterocycles. The maximum absolute atomic E-state index is 15.2. The number of nitrogens with zero attached hydrogens (tertiary/aromatic N) is 2. The molecule has 55 heavy (non-hydrogen) atoms. The van der Waals surface area contributed by atoms with Crippen molar-refractivity contribution in [2.24, 2.45) is 17.8 Å². The van der Waals surface area contributed by atoms with E-state index in [0.717, 1.165) is 18.2 Å². The lowest BCUT2D eigenvalue weighted by molar-refractivity contribution is -0.274. The summed E-state index contributed by atoms with van der Waals surface area (Å²) in [5.41, 5.74) is -3.96. The minimum atomic E-state index is -5.34. The summed E-state index contributed by atoms with van der Waals surface area (Å²) in [7, 11) is 0. The van der Waals surface area contributed by atoms with Gasteiger partial charge in [-0.2, -0.15) is 0 Å². The predicted molar refractivity (Wildman–Crippen MR) is 169 cm³/mol. The Bertz CT molecular complexity index is 2310. The first-order valence-corrected chi connectivity index (χ1v) is 16.3. The molecule has 11 nitrogen and oxygen atoms in total. The van der Waals surface area contributed by atoms with E-state index in [1.54, 1.807) is 0 Å². The second-order valence-electron chi connectivity index (χ2n) is 13.0.